The zero-order valence-corrected chi connectivity index (χ0v) is 14.3. The van der Waals surface area contributed by atoms with E-state index in [-0.39, 0.29) is 0 Å². The summed E-state index contributed by atoms with van der Waals surface area (Å²) >= 11 is 0. The van der Waals surface area contributed by atoms with Gasteiger partial charge in [0.05, 0.1) is 0 Å². The van der Waals surface area contributed by atoms with Crippen LogP contribution in [0.5, 0.6) is 5.75 Å². The van der Waals surface area contributed by atoms with Gasteiger partial charge in [0.15, 0.2) is 0 Å². The normalized spacial score (nSPS) is 16.3. The maximum absolute atomic E-state index is 9.36. The average molecular weight is 302 g/mol. The van der Waals surface area contributed by atoms with Gasteiger partial charge in [0, 0.05) is 19.6 Å². The molecule has 3 nitrogen and oxygen atoms in total. The van der Waals surface area contributed by atoms with Crippen LogP contribution in [0.25, 0.3) is 5.57 Å². The summed E-state index contributed by atoms with van der Waals surface area (Å²) in [7, 11) is 2.22. The minimum Gasteiger partial charge on any atom is -0.508 e. The fourth-order valence-corrected chi connectivity index (χ4v) is 3.13. The summed E-state index contributed by atoms with van der Waals surface area (Å²) in [5, 5.41) is 9.36. The second-order valence-electron chi connectivity index (χ2n) is 6.84. The van der Waals surface area contributed by atoms with Crippen molar-refractivity contribution < 1.29 is 5.11 Å². The number of rotatable bonds is 7. The summed E-state index contributed by atoms with van der Waals surface area (Å²) in [6.45, 7) is 10.3. The van der Waals surface area contributed by atoms with Crippen LogP contribution in [0.3, 0.4) is 0 Å². The molecule has 1 aliphatic rings. The number of phenols is 1. The van der Waals surface area contributed by atoms with Crippen molar-refractivity contribution in [2.24, 2.45) is 5.92 Å². The van der Waals surface area contributed by atoms with Gasteiger partial charge < -0.3 is 10.0 Å². The molecule has 0 saturated carbocycles. The quantitative estimate of drug-likeness (QED) is 0.835. The van der Waals surface area contributed by atoms with E-state index < -0.39 is 0 Å². The first-order valence-corrected chi connectivity index (χ1v) is 8.44. The minimum atomic E-state index is 0.340. The third kappa shape index (κ3) is 5.47. The number of hydrogen-bond donors (Lipinski definition) is 1. The van der Waals surface area contributed by atoms with Crippen LogP contribution in [-0.4, -0.2) is 54.7 Å². The van der Waals surface area contributed by atoms with Gasteiger partial charge in [0.2, 0.25) is 0 Å². The Morgan fingerprint density at radius 1 is 1.23 bits per heavy atom. The zero-order chi connectivity index (χ0) is 15.9. The van der Waals surface area contributed by atoms with Crippen LogP contribution in [-0.2, 0) is 0 Å². The number of nitrogens with zero attached hydrogens (tertiary/aromatic N) is 2. The van der Waals surface area contributed by atoms with E-state index in [9.17, 15) is 5.11 Å². The van der Waals surface area contributed by atoms with E-state index in [1.54, 1.807) is 12.1 Å². The molecule has 0 unspecified atom stereocenters. The molecule has 1 heterocycles. The maximum atomic E-state index is 9.36. The van der Waals surface area contributed by atoms with Gasteiger partial charge in [-0.05, 0) is 62.2 Å². The van der Waals surface area contributed by atoms with Crippen molar-refractivity contribution in [2.45, 2.75) is 26.7 Å². The first kappa shape index (κ1) is 17.0. The third-order valence-corrected chi connectivity index (χ3v) is 4.22. The van der Waals surface area contributed by atoms with Crippen LogP contribution in [0, 0.1) is 5.92 Å². The van der Waals surface area contributed by atoms with Gasteiger partial charge in [-0.25, -0.2) is 0 Å². The fraction of sp³-hybridized carbons (Fsp3) is 0.579. The third-order valence-electron chi connectivity index (χ3n) is 4.22. The average Bonchev–Trinajstić information content (AvgIpc) is 2.48. The summed E-state index contributed by atoms with van der Waals surface area (Å²) in [4.78, 5) is 4.97. The Morgan fingerprint density at radius 2 is 1.95 bits per heavy atom. The summed E-state index contributed by atoms with van der Waals surface area (Å²) in [6, 6.07) is 7.57. The molecule has 0 fully saturated rings. The molecule has 0 spiro atoms. The zero-order valence-electron chi connectivity index (χ0n) is 14.3. The maximum Gasteiger partial charge on any atom is 0.115 e. The first-order chi connectivity index (χ1) is 10.5. The molecule has 1 aromatic carbocycles. The van der Waals surface area contributed by atoms with Crippen molar-refractivity contribution in [2.75, 3.05) is 39.8 Å². The van der Waals surface area contributed by atoms with Crippen molar-refractivity contribution in [1.29, 1.82) is 0 Å². The number of phenolic OH excluding ortho intramolecular Hbond substituents is 1. The number of benzene rings is 1. The highest BCUT2D eigenvalue weighted by molar-refractivity contribution is 5.67. The van der Waals surface area contributed by atoms with E-state index >= 15 is 0 Å². The van der Waals surface area contributed by atoms with Crippen molar-refractivity contribution in [3.05, 3.63) is 35.9 Å². The molecule has 22 heavy (non-hydrogen) atoms. The molecule has 3 heteroatoms. The Bertz CT molecular complexity index is 479. The summed E-state index contributed by atoms with van der Waals surface area (Å²) in [5.41, 5.74) is 2.65. The lowest BCUT2D eigenvalue weighted by Crippen LogP contribution is -2.32. The standard InChI is InChI=1S/C19H30N2O/c1-16(2)15-20(3)11-4-12-21-13-9-18(10-14-21)17-5-7-19(22)8-6-17/h5-9,16,22H,4,10-15H2,1-3H3. The molecule has 2 rings (SSSR count). The fourth-order valence-electron chi connectivity index (χ4n) is 3.13. The molecule has 1 aromatic rings. The Balaban J connectivity index is 1.73. The molecule has 0 atom stereocenters. The van der Waals surface area contributed by atoms with E-state index in [0.29, 0.717) is 5.75 Å². The molecular weight excluding hydrogens is 272 g/mol. The first-order valence-electron chi connectivity index (χ1n) is 8.44. The highest BCUT2D eigenvalue weighted by atomic mass is 16.3. The molecule has 1 N–H and O–H groups in total. The lowest BCUT2D eigenvalue weighted by atomic mass is 9.99. The lowest BCUT2D eigenvalue weighted by Gasteiger charge is -2.27. The van der Waals surface area contributed by atoms with Crippen molar-refractivity contribution in [1.82, 2.24) is 9.80 Å². The van der Waals surface area contributed by atoms with Gasteiger partial charge in [-0.15, -0.1) is 0 Å². The highest BCUT2D eigenvalue weighted by Crippen LogP contribution is 2.23. The number of aromatic hydroxyl groups is 1. The molecule has 0 bridgehead atoms. The predicted octanol–water partition coefficient (Wildman–Crippen LogP) is 3.46. The van der Waals surface area contributed by atoms with Gasteiger partial charge in [-0.2, -0.15) is 0 Å². The van der Waals surface area contributed by atoms with Crippen LogP contribution < -0.4 is 0 Å². The summed E-state index contributed by atoms with van der Waals surface area (Å²) in [5.74, 6) is 1.09. The summed E-state index contributed by atoms with van der Waals surface area (Å²) < 4.78 is 0. The van der Waals surface area contributed by atoms with Gasteiger partial charge >= 0.3 is 0 Å². The monoisotopic (exact) mass is 302 g/mol. The van der Waals surface area contributed by atoms with Gasteiger partial charge in [-0.3, -0.25) is 4.90 Å². The largest absolute Gasteiger partial charge is 0.508 e. The highest BCUT2D eigenvalue weighted by Gasteiger charge is 2.13. The van der Waals surface area contributed by atoms with Gasteiger partial charge in [-0.1, -0.05) is 32.1 Å². The Kier molecular flexibility index (Phi) is 6.47. The van der Waals surface area contributed by atoms with Crippen molar-refractivity contribution in [3.63, 3.8) is 0 Å². The molecule has 0 amide bonds. The van der Waals surface area contributed by atoms with E-state index in [1.807, 2.05) is 12.1 Å². The smallest absolute Gasteiger partial charge is 0.115 e. The minimum absolute atomic E-state index is 0.340. The number of hydrogen-bond acceptors (Lipinski definition) is 3. The molecule has 0 aromatic heterocycles. The molecule has 122 valence electrons. The van der Waals surface area contributed by atoms with Crippen molar-refractivity contribution in [3.8, 4) is 5.75 Å². The Labute approximate surface area is 135 Å². The predicted molar refractivity (Wildman–Crippen MR) is 94.1 cm³/mol. The van der Waals surface area contributed by atoms with Crippen LogP contribution >= 0.6 is 0 Å². The van der Waals surface area contributed by atoms with Gasteiger partial charge in [0.1, 0.15) is 5.75 Å². The van der Waals surface area contributed by atoms with Crippen molar-refractivity contribution >= 4 is 5.57 Å². The lowest BCUT2D eigenvalue weighted by molar-refractivity contribution is 0.248. The summed E-state index contributed by atoms with van der Waals surface area (Å²) in [6.07, 6.45) is 4.69. The van der Waals surface area contributed by atoms with E-state index in [1.165, 1.54) is 37.2 Å². The molecule has 0 aliphatic carbocycles. The molecule has 0 saturated heterocycles. The van der Waals surface area contributed by atoms with Gasteiger partial charge in [0.25, 0.3) is 0 Å². The van der Waals surface area contributed by atoms with E-state index in [0.717, 1.165) is 25.4 Å². The van der Waals surface area contributed by atoms with E-state index in [4.69, 9.17) is 0 Å². The van der Waals surface area contributed by atoms with E-state index in [2.05, 4.69) is 36.8 Å². The SMILES string of the molecule is CC(C)CN(C)CCCN1CC=C(c2ccc(O)cc2)CC1. The topological polar surface area (TPSA) is 26.7 Å². The van der Waals surface area contributed by atoms with Crippen LogP contribution in [0.1, 0.15) is 32.3 Å². The van der Waals surface area contributed by atoms with Crippen LogP contribution in [0.2, 0.25) is 0 Å². The Morgan fingerprint density at radius 3 is 2.55 bits per heavy atom. The molecule has 0 radical (unpaired) electrons. The second kappa shape index (κ2) is 8.35. The molecular formula is C19H30N2O. The van der Waals surface area contributed by atoms with Crippen LogP contribution in [0.15, 0.2) is 30.3 Å². The second-order valence-corrected chi connectivity index (χ2v) is 6.84. The molecule has 1 aliphatic heterocycles. The Hall–Kier alpha value is -1.32. The van der Waals surface area contributed by atoms with Crippen LogP contribution in [0.4, 0.5) is 0 Å².